The quantitative estimate of drug-likeness (QED) is 0.826. The summed E-state index contributed by atoms with van der Waals surface area (Å²) in [4.78, 5) is 27.3. The van der Waals surface area contributed by atoms with E-state index in [1.54, 1.807) is 23.1 Å². The molecule has 4 rings (SSSR count). The third-order valence-corrected chi connectivity index (χ3v) is 5.62. The van der Waals surface area contributed by atoms with Crippen LogP contribution in [-0.2, 0) is 25.6 Å². The first-order valence-electron chi connectivity index (χ1n) is 9.14. The van der Waals surface area contributed by atoms with Crippen molar-refractivity contribution in [2.45, 2.75) is 38.0 Å². The third-order valence-electron chi connectivity index (χ3n) is 5.62. The molecule has 2 heterocycles. The van der Waals surface area contributed by atoms with Gasteiger partial charge < -0.3 is 19.7 Å². The van der Waals surface area contributed by atoms with E-state index in [2.05, 4.69) is 5.32 Å². The van der Waals surface area contributed by atoms with Crippen molar-refractivity contribution >= 4 is 11.8 Å². The predicted octanol–water partition coefficient (Wildman–Crippen LogP) is 1.59. The molecule has 2 amide bonds. The van der Waals surface area contributed by atoms with E-state index >= 15 is 0 Å². The molecule has 1 aliphatic carbocycles. The molecule has 6 nitrogen and oxygen atoms in total. The number of benzene rings is 1. The van der Waals surface area contributed by atoms with Gasteiger partial charge in [0.15, 0.2) is 5.79 Å². The summed E-state index contributed by atoms with van der Waals surface area (Å²) in [7, 11) is 0. The summed E-state index contributed by atoms with van der Waals surface area (Å²) < 4.78 is 25.1. The summed E-state index contributed by atoms with van der Waals surface area (Å²) in [6, 6.07) is 6.31. The first-order valence-corrected chi connectivity index (χ1v) is 9.14. The highest BCUT2D eigenvalue weighted by molar-refractivity contribution is 6.07. The SMILES string of the molecule is O=C(NCc1ccccc1F)C1(C(=O)N2CCC3(CC2)OCCO3)CC1. The van der Waals surface area contributed by atoms with Crippen LogP contribution in [0, 0.1) is 11.2 Å². The largest absolute Gasteiger partial charge is 0.351 e. The fourth-order valence-electron chi connectivity index (χ4n) is 3.79. The Hall–Kier alpha value is -1.99. The van der Waals surface area contributed by atoms with Crippen LogP contribution >= 0.6 is 0 Å². The summed E-state index contributed by atoms with van der Waals surface area (Å²) >= 11 is 0. The Kier molecular flexibility index (Phi) is 4.44. The number of carbonyl (C=O) groups is 2. The van der Waals surface area contributed by atoms with Gasteiger partial charge in [-0.25, -0.2) is 4.39 Å². The van der Waals surface area contributed by atoms with E-state index in [0.29, 0.717) is 57.6 Å². The van der Waals surface area contributed by atoms with Gasteiger partial charge in [0.25, 0.3) is 0 Å². The predicted molar refractivity (Wildman–Crippen MR) is 90.4 cm³/mol. The summed E-state index contributed by atoms with van der Waals surface area (Å²) in [5.41, 5.74) is -0.563. The summed E-state index contributed by atoms with van der Waals surface area (Å²) in [5, 5.41) is 2.74. The maximum atomic E-state index is 13.7. The standard InChI is InChI=1S/C19H23FN2O4/c20-15-4-2-1-3-14(15)13-21-16(23)18(5-6-18)17(24)22-9-7-19(8-10-22)25-11-12-26-19/h1-4H,5-13H2,(H,21,23). The number of likely N-dealkylation sites (tertiary alicyclic amines) is 1. The Labute approximate surface area is 151 Å². The Bertz CT molecular complexity index is 703. The zero-order chi connectivity index (χ0) is 18.2. The fourth-order valence-corrected chi connectivity index (χ4v) is 3.79. The van der Waals surface area contributed by atoms with Gasteiger partial charge in [0.2, 0.25) is 11.8 Å². The van der Waals surface area contributed by atoms with Crippen LogP contribution < -0.4 is 5.32 Å². The average Bonchev–Trinajstić information content (AvgIpc) is 3.36. The van der Waals surface area contributed by atoms with E-state index in [0.717, 1.165) is 0 Å². The highest BCUT2D eigenvalue weighted by Crippen LogP contribution is 2.48. The molecule has 26 heavy (non-hydrogen) atoms. The van der Waals surface area contributed by atoms with E-state index < -0.39 is 11.2 Å². The number of ether oxygens (including phenoxy) is 2. The maximum absolute atomic E-state index is 13.7. The molecular weight excluding hydrogens is 339 g/mol. The number of nitrogens with zero attached hydrogens (tertiary/aromatic N) is 1. The molecule has 0 unspecified atom stereocenters. The van der Waals surface area contributed by atoms with Crippen LogP contribution in [0.5, 0.6) is 0 Å². The molecule has 1 aromatic carbocycles. The minimum absolute atomic E-state index is 0.0886. The van der Waals surface area contributed by atoms with Crippen molar-refractivity contribution in [1.29, 1.82) is 0 Å². The lowest BCUT2D eigenvalue weighted by Gasteiger charge is -2.38. The number of hydrogen-bond donors (Lipinski definition) is 1. The molecule has 0 atom stereocenters. The zero-order valence-corrected chi connectivity index (χ0v) is 14.6. The van der Waals surface area contributed by atoms with Crippen LogP contribution in [0.1, 0.15) is 31.2 Å². The van der Waals surface area contributed by atoms with Crippen molar-refractivity contribution in [3.63, 3.8) is 0 Å². The van der Waals surface area contributed by atoms with Gasteiger partial charge in [0, 0.05) is 38.0 Å². The molecule has 2 saturated heterocycles. The average molecular weight is 362 g/mol. The first-order chi connectivity index (χ1) is 12.5. The number of amides is 2. The number of rotatable bonds is 4. The summed E-state index contributed by atoms with van der Waals surface area (Å²) in [6.07, 6.45) is 2.35. The Balaban J connectivity index is 1.35. The normalized spacial score (nSPS) is 23.0. The van der Waals surface area contributed by atoms with Crippen molar-refractivity contribution in [1.82, 2.24) is 10.2 Å². The van der Waals surface area contributed by atoms with Crippen molar-refractivity contribution in [3.8, 4) is 0 Å². The molecular formula is C19H23FN2O4. The van der Waals surface area contributed by atoms with Crippen molar-refractivity contribution in [3.05, 3.63) is 35.6 Å². The minimum atomic E-state index is -0.979. The second kappa shape index (κ2) is 6.63. The van der Waals surface area contributed by atoms with Crippen molar-refractivity contribution in [2.24, 2.45) is 5.41 Å². The lowest BCUT2D eigenvalue weighted by Crippen LogP contribution is -2.51. The van der Waals surface area contributed by atoms with Crippen molar-refractivity contribution in [2.75, 3.05) is 26.3 Å². The molecule has 0 aromatic heterocycles. The number of halogens is 1. The van der Waals surface area contributed by atoms with E-state index in [4.69, 9.17) is 9.47 Å². The van der Waals surface area contributed by atoms with Crippen LogP contribution in [0.25, 0.3) is 0 Å². The van der Waals surface area contributed by atoms with Crippen LogP contribution in [0.2, 0.25) is 0 Å². The molecule has 1 aromatic rings. The van der Waals surface area contributed by atoms with Crippen LogP contribution in [-0.4, -0.2) is 48.8 Å². The van der Waals surface area contributed by atoms with E-state index in [1.165, 1.54) is 6.07 Å². The van der Waals surface area contributed by atoms with Gasteiger partial charge in [0.05, 0.1) is 13.2 Å². The lowest BCUT2D eigenvalue weighted by molar-refractivity contribution is -0.188. The molecule has 1 saturated carbocycles. The second-order valence-corrected chi connectivity index (χ2v) is 7.26. The Morgan fingerprint density at radius 2 is 1.73 bits per heavy atom. The van der Waals surface area contributed by atoms with E-state index in [9.17, 15) is 14.0 Å². The minimum Gasteiger partial charge on any atom is -0.351 e. The number of carbonyl (C=O) groups excluding carboxylic acids is 2. The van der Waals surface area contributed by atoms with Gasteiger partial charge >= 0.3 is 0 Å². The Morgan fingerprint density at radius 3 is 2.35 bits per heavy atom. The fraction of sp³-hybridized carbons (Fsp3) is 0.579. The number of piperidine rings is 1. The maximum Gasteiger partial charge on any atom is 0.238 e. The first kappa shape index (κ1) is 17.4. The lowest BCUT2D eigenvalue weighted by atomic mass is 9.98. The number of hydrogen-bond acceptors (Lipinski definition) is 4. The number of nitrogens with one attached hydrogen (secondary N) is 1. The highest BCUT2D eigenvalue weighted by atomic mass is 19.1. The molecule has 0 radical (unpaired) electrons. The van der Waals surface area contributed by atoms with Crippen LogP contribution in [0.4, 0.5) is 4.39 Å². The molecule has 1 spiro atoms. The highest BCUT2D eigenvalue weighted by Gasteiger charge is 2.58. The molecule has 7 heteroatoms. The molecule has 2 aliphatic heterocycles. The Morgan fingerprint density at radius 1 is 1.08 bits per heavy atom. The van der Waals surface area contributed by atoms with Gasteiger partial charge in [-0.2, -0.15) is 0 Å². The van der Waals surface area contributed by atoms with E-state index in [-0.39, 0.29) is 24.2 Å². The summed E-state index contributed by atoms with van der Waals surface area (Å²) in [6.45, 7) is 2.33. The van der Waals surface area contributed by atoms with Crippen LogP contribution in [0.15, 0.2) is 24.3 Å². The van der Waals surface area contributed by atoms with Crippen molar-refractivity contribution < 1.29 is 23.5 Å². The molecule has 0 bridgehead atoms. The van der Waals surface area contributed by atoms with Gasteiger partial charge in [-0.15, -0.1) is 0 Å². The van der Waals surface area contributed by atoms with Gasteiger partial charge in [-0.3, -0.25) is 9.59 Å². The van der Waals surface area contributed by atoms with Gasteiger partial charge in [-0.1, -0.05) is 18.2 Å². The second-order valence-electron chi connectivity index (χ2n) is 7.26. The molecule has 1 N–H and O–H groups in total. The third kappa shape index (κ3) is 3.10. The molecule has 3 fully saturated rings. The van der Waals surface area contributed by atoms with Gasteiger partial charge in [0.1, 0.15) is 11.2 Å². The smallest absolute Gasteiger partial charge is 0.238 e. The summed E-state index contributed by atoms with van der Waals surface area (Å²) in [5.74, 6) is -1.33. The zero-order valence-electron chi connectivity index (χ0n) is 14.6. The van der Waals surface area contributed by atoms with Crippen LogP contribution in [0.3, 0.4) is 0 Å². The van der Waals surface area contributed by atoms with E-state index in [1.807, 2.05) is 0 Å². The van der Waals surface area contributed by atoms with Gasteiger partial charge in [-0.05, 0) is 18.9 Å². The topological polar surface area (TPSA) is 67.9 Å². The monoisotopic (exact) mass is 362 g/mol. The molecule has 140 valence electrons. The molecule has 3 aliphatic rings.